The summed E-state index contributed by atoms with van der Waals surface area (Å²) in [4.78, 5) is 26.6. The van der Waals surface area contributed by atoms with Crippen LogP contribution in [0, 0.1) is 0 Å². The van der Waals surface area contributed by atoms with Crippen LogP contribution in [0.4, 0.5) is 10.5 Å². The first-order valence-electron chi connectivity index (χ1n) is 8.21. The summed E-state index contributed by atoms with van der Waals surface area (Å²) in [6.45, 7) is 4.73. The van der Waals surface area contributed by atoms with Crippen LogP contribution in [0.1, 0.15) is 59.8 Å². The number of urea groups is 1. The van der Waals surface area contributed by atoms with Gasteiger partial charge in [-0.1, -0.05) is 19.0 Å². The lowest BCUT2D eigenvalue weighted by molar-refractivity contribution is 0.0607. The maximum atomic E-state index is 12.7. The molecule has 2 aromatic heterocycles. The van der Waals surface area contributed by atoms with Gasteiger partial charge in [0.15, 0.2) is 5.76 Å². The number of esters is 1. The van der Waals surface area contributed by atoms with Crippen LogP contribution in [-0.4, -0.2) is 35.7 Å². The zero-order valence-corrected chi connectivity index (χ0v) is 15.3. The number of nitrogens with one attached hydrogen (secondary N) is 1. The van der Waals surface area contributed by atoms with Gasteiger partial charge in [-0.3, -0.25) is 0 Å². The number of carbonyl (C=O) groups is 2. The van der Waals surface area contributed by atoms with Crippen LogP contribution >= 0.6 is 11.3 Å². The molecule has 25 heavy (non-hydrogen) atoms. The molecule has 7 nitrogen and oxygen atoms in total. The summed E-state index contributed by atoms with van der Waals surface area (Å²) in [6, 6.07) is 3.23. The Balaban J connectivity index is 1.75. The zero-order chi connectivity index (χ0) is 18.0. The fourth-order valence-electron chi connectivity index (χ4n) is 2.88. The van der Waals surface area contributed by atoms with Gasteiger partial charge in [-0.05, 0) is 30.2 Å². The molecule has 0 unspecified atom stereocenters. The number of aromatic nitrogens is 1. The lowest BCUT2D eigenvalue weighted by Gasteiger charge is -2.23. The first-order valence-corrected chi connectivity index (χ1v) is 9.09. The van der Waals surface area contributed by atoms with E-state index in [1.165, 1.54) is 18.4 Å². The van der Waals surface area contributed by atoms with E-state index in [2.05, 4.69) is 10.5 Å². The van der Waals surface area contributed by atoms with Crippen LogP contribution in [0.3, 0.4) is 0 Å². The fourth-order valence-corrected chi connectivity index (χ4v) is 3.65. The summed E-state index contributed by atoms with van der Waals surface area (Å²) >= 11 is 1.23. The van der Waals surface area contributed by atoms with Crippen molar-refractivity contribution >= 4 is 29.0 Å². The molecule has 2 amide bonds. The molecule has 3 rings (SSSR count). The molecule has 0 aliphatic carbocycles. The van der Waals surface area contributed by atoms with Gasteiger partial charge in [0.25, 0.3) is 0 Å². The average Bonchev–Trinajstić information content (AvgIpc) is 3.32. The number of carbonyl (C=O) groups excluding carboxylic acids is 2. The van der Waals surface area contributed by atoms with E-state index in [1.54, 1.807) is 16.3 Å². The number of nitrogens with zero attached hydrogens (tertiary/aromatic N) is 2. The normalized spacial score (nSPS) is 17.1. The van der Waals surface area contributed by atoms with E-state index in [4.69, 9.17) is 9.26 Å². The molecule has 1 saturated heterocycles. The second-order valence-corrected chi connectivity index (χ2v) is 7.16. The van der Waals surface area contributed by atoms with E-state index in [1.807, 2.05) is 19.9 Å². The van der Waals surface area contributed by atoms with Crippen molar-refractivity contribution in [2.45, 2.75) is 38.6 Å². The second kappa shape index (κ2) is 7.26. The van der Waals surface area contributed by atoms with Crippen LogP contribution in [0.2, 0.25) is 0 Å². The van der Waals surface area contributed by atoms with Gasteiger partial charge in [0, 0.05) is 12.6 Å². The van der Waals surface area contributed by atoms with Crippen molar-refractivity contribution < 1.29 is 18.8 Å². The number of anilines is 1. The van der Waals surface area contributed by atoms with Gasteiger partial charge in [0.2, 0.25) is 0 Å². The molecule has 1 fully saturated rings. The number of likely N-dealkylation sites (tertiary alicyclic amines) is 1. The molecule has 0 radical (unpaired) electrons. The predicted molar refractivity (Wildman–Crippen MR) is 94.0 cm³/mol. The van der Waals surface area contributed by atoms with Gasteiger partial charge in [-0.25, -0.2) is 9.59 Å². The Hall–Kier alpha value is -2.35. The average molecular weight is 363 g/mol. The number of amides is 2. The van der Waals surface area contributed by atoms with Crippen molar-refractivity contribution in [1.82, 2.24) is 10.1 Å². The highest BCUT2D eigenvalue weighted by Crippen LogP contribution is 2.34. The molecule has 134 valence electrons. The number of hydrogen-bond donors (Lipinski definition) is 1. The van der Waals surface area contributed by atoms with Crippen molar-refractivity contribution in [2.24, 2.45) is 0 Å². The van der Waals surface area contributed by atoms with Crippen LogP contribution < -0.4 is 5.32 Å². The highest BCUT2D eigenvalue weighted by Gasteiger charge is 2.33. The number of thiophene rings is 1. The highest BCUT2D eigenvalue weighted by molar-refractivity contribution is 7.12. The summed E-state index contributed by atoms with van der Waals surface area (Å²) in [5.41, 5.74) is 1.35. The van der Waals surface area contributed by atoms with Crippen LogP contribution in [0.25, 0.3) is 0 Å². The molecule has 1 aliphatic heterocycles. The lowest BCUT2D eigenvalue weighted by atomic mass is 10.1. The lowest BCUT2D eigenvalue weighted by Crippen LogP contribution is -2.34. The van der Waals surface area contributed by atoms with E-state index in [0.29, 0.717) is 22.9 Å². The maximum Gasteiger partial charge on any atom is 0.350 e. The maximum absolute atomic E-state index is 12.7. The Labute approximate surface area is 149 Å². The van der Waals surface area contributed by atoms with Crippen LogP contribution in [0.5, 0.6) is 0 Å². The third kappa shape index (κ3) is 3.53. The Kier molecular flexibility index (Phi) is 5.08. The van der Waals surface area contributed by atoms with Crippen LogP contribution in [0.15, 0.2) is 22.0 Å². The van der Waals surface area contributed by atoms with E-state index in [9.17, 15) is 9.59 Å². The summed E-state index contributed by atoms with van der Waals surface area (Å²) in [7, 11) is 1.32. The molecule has 1 aliphatic rings. The number of hydrogen-bond acceptors (Lipinski definition) is 6. The third-order valence-corrected chi connectivity index (χ3v) is 5.15. The monoisotopic (exact) mass is 363 g/mol. The molecule has 1 atom stereocenters. The SMILES string of the molecule is COC(=O)c1sccc1NC(=O)N1CCC[C@H]1c1cc(C(C)C)no1. The van der Waals surface area contributed by atoms with E-state index < -0.39 is 5.97 Å². The minimum atomic E-state index is -0.458. The molecular formula is C17H21N3O4S. The zero-order valence-electron chi connectivity index (χ0n) is 14.4. The quantitative estimate of drug-likeness (QED) is 0.830. The van der Waals surface area contributed by atoms with Crippen molar-refractivity contribution in [1.29, 1.82) is 0 Å². The molecule has 8 heteroatoms. The van der Waals surface area contributed by atoms with Crippen molar-refractivity contribution in [3.63, 3.8) is 0 Å². The molecular weight excluding hydrogens is 342 g/mol. The molecule has 0 spiro atoms. The third-order valence-electron chi connectivity index (χ3n) is 4.26. The van der Waals surface area contributed by atoms with E-state index >= 15 is 0 Å². The molecule has 2 aromatic rings. The summed E-state index contributed by atoms with van der Waals surface area (Å²) in [5.74, 6) is 0.518. The van der Waals surface area contributed by atoms with Crippen molar-refractivity contribution in [3.8, 4) is 0 Å². The summed E-state index contributed by atoms with van der Waals surface area (Å²) in [6.07, 6.45) is 1.72. The van der Waals surface area contributed by atoms with Gasteiger partial charge < -0.3 is 19.5 Å². The Morgan fingerprint density at radius 1 is 1.48 bits per heavy atom. The fraction of sp³-hybridized carbons (Fsp3) is 0.471. The Morgan fingerprint density at radius 3 is 2.96 bits per heavy atom. The van der Waals surface area contributed by atoms with Gasteiger partial charge in [-0.2, -0.15) is 0 Å². The predicted octanol–water partition coefficient (Wildman–Crippen LogP) is 4.02. The Bertz CT molecular complexity index is 768. The highest BCUT2D eigenvalue weighted by atomic mass is 32.1. The largest absolute Gasteiger partial charge is 0.465 e. The second-order valence-electron chi connectivity index (χ2n) is 6.25. The summed E-state index contributed by atoms with van der Waals surface area (Å²) < 4.78 is 10.2. The molecule has 1 N–H and O–H groups in total. The number of methoxy groups -OCH3 is 1. The van der Waals surface area contributed by atoms with Gasteiger partial charge in [-0.15, -0.1) is 11.3 Å². The van der Waals surface area contributed by atoms with Gasteiger partial charge in [0.05, 0.1) is 24.5 Å². The first-order chi connectivity index (χ1) is 12.0. The number of ether oxygens (including phenoxy) is 1. The van der Waals surface area contributed by atoms with E-state index in [0.717, 1.165) is 18.5 Å². The van der Waals surface area contributed by atoms with Crippen molar-refractivity contribution in [3.05, 3.63) is 33.8 Å². The van der Waals surface area contributed by atoms with Crippen molar-refractivity contribution in [2.75, 3.05) is 19.0 Å². The summed E-state index contributed by atoms with van der Waals surface area (Å²) in [5, 5.41) is 8.64. The standard InChI is InChI=1S/C17H21N3O4S/c1-10(2)12-9-14(24-19-12)13-5-4-7-20(13)17(22)18-11-6-8-25-15(11)16(21)23-3/h6,8-10,13H,4-5,7H2,1-3H3,(H,18,22)/t13-/m0/s1. The minimum Gasteiger partial charge on any atom is -0.465 e. The van der Waals surface area contributed by atoms with Gasteiger partial charge >= 0.3 is 12.0 Å². The minimum absolute atomic E-state index is 0.139. The smallest absolute Gasteiger partial charge is 0.350 e. The van der Waals surface area contributed by atoms with E-state index in [-0.39, 0.29) is 18.0 Å². The molecule has 0 aromatic carbocycles. The van der Waals surface area contributed by atoms with Gasteiger partial charge in [0.1, 0.15) is 4.88 Å². The Morgan fingerprint density at radius 2 is 2.28 bits per heavy atom. The van der Waals surface area contributed by atoms with Crippen LogP contribution in [-0.2, 0) is 4.74 Å². The first kappa shape index (κ1) is 17.5. The molecule has 0 bridgehead atoms. The topological polar surface area (TPSA) is 84.7 Å². The number of rotatable bonds is 4. The molecule has 0 saturated carbocycles. The molecule has 3 heterocycles.